The lowest BCUT2D eigenvalue weighted by atomic mass is 10.0. The van der Waals surface area contributed by atoms with E-state index in [0.717, 1.165) is 49.5 Å². The summed E-state index contributed by atoms with van der Waals surface area (Å²) in [5.74, 6) is -0.765. The van der Waals surface area contributed by atoms with Crippen LogP contribution in [0.15, 0.2) is 18.2 Å². The Bertz CT molecular complexity index is 451. The minimum Gasteiger partial charge on any atom is -0.481 e. The fraction of sp³-hybridized carbons (Fsp3) is 0.533. The van der Waals surface area contributed by atoms with Crippen molar-refractivity contribution in [2.24, 2.45) is 0 Å². The van der Waals surface area contributed by atoms with Crippen LogP contribution in [0.3, 0.4) is 0 Å². The molecule has 1 fully saturated rings. The van der Waals surface area contributed by atoms with Crippen LogP contribution in [0.5, 0.6) is 0 Å². The van der Waals surface area contributed by atoms with Gasteiger partial charge in [-0.2, -0.15) is 0 Å². The number of benzene rings is 1. The van der Waals surface area contributed by atoms with Gasteiger partial charge < -0.3 is 14.9 Å². The van der Waals surface area contributed by atoms with Gasteiger partial charge in [0, 0.05) is 31.9 Å². The molecule has 19 heavy (non-hydrogen) atoms. The maximum atomic E-state index is 11.0. The van der Waals surface area contributed by atoms with E-state index in [1.807, 2.05) is 13.0 Å². The normalized spacial score (nSPS) is 16.6. The molecule has 0 aliphatic carbocycles. The second-order valence-electron chi connectivity index (χ2n) is 5.12. The van der Waals surface area contributed by atoms with Crippen molar-refractivity contribution in [1.29, 1.82) is 0 Å². The van der Waals surface area contributed by atoms with Crippen molar-refractivity contribution in [2.75, 3.05) is 37.6 Å². The summed E-state index contributed by atoms with van der Waals surface area (Å²) in [6, 6.07) is 6.12. The molecular formula is C15H22N2O2. The summed E-state index contributed by atoms with van der Waals surface area (Å²) in [5.41, 5.74) is 3.13. The number of anilines is 1. The average molecular weight is 262 g/mol. The quantitative estimate of drug-likeness (QED) is 0.898. The van der Waals surface area contributed by atoms with Crippen molar-refractivity contribution >= 4 is 11.7 Å². The highest BCUT2D eigenvalue weighted by molar-refractivity contribution is 5.74. The van der Waals surface area contributed by atoms with Gasteiger partial charge in [-0.05, 0) is 25.1 Å². The zero-order valence-electron chi connectivity index (χ0n) is 11.7. The molecule has 0 atom stereocenters. The topological polar surface area (TPSA) is 43.8 Å². The number of hydrogen-bond acceptors (Lipinski definition) is 3. The highest BCUT2D eigenvalue weighted by Gasteiger charge is 2.19. The number of nitrogens with zero attached hydrogens (tertiary/aromatic N) is 2. The van der Waals surface area contributed by atoms with Crippen molar-refractivity contribution in [3.05, 3.63) is 29.3 Å². The molecule has 1 heterocycles. The van der Waals surface area contributed by atoms with Crippen LogP contribution in [0.1, 0.15) is 18.1 Å². The summed E-state index contributed by atoms with van der Waals surface area (Å²) in [5, 5.41) is 9.03. The van der Waals surface area contributed by atoms with Crippen LogP contribution in [0, 0.1) is 6.92 Å². The lowest BCUT2D eigenvalue weighted by Gasteiger charge is -2.36. The minimum absolute atomic E-state index is 0.102. The molecule has 4 nitrogen and oxygen atoms in total. The molecule has 1 aromatic rings. The van der Waals surface area contributed by atoms with Gasteiger partial charge in [0.1, 0.15) is 0 Å². The first-order chi connectivity index (χ1) is 9.10. The van der Waals surface area contributed by atoms with Gasteiger partial charge in [0.05, 0.1) is 6.42 Å². The molecule has 0 spiro atoms. The number of piperazine rings is 1. The van der Waals surface area contributed by atoms with Gasteiger partial charge in [-0.25, -0.2) is 0 Å². The van der Waals surface area contributed by atoms with E-state index in [2.05, 4.69) is 28.9 Å². The summed E-state index contributed by atoms with van der Waals surface area (Å²) >= 11 is 0. The fourth-order valence-corrected chi connectivity index (χ4v) is 2.63. The van der Waals surface area contributed by atoms with Crippen molar-refractivity contribution in [3.8, 4) is 0 Å². The number of carboxylic acids is 1. The van der Waals surface area contributed by atoms with E-state index >= 15 is 0 Å². The van der Waals surface area contributed by atoms with Gasteiger partial charge in [-0.15, -0.1) is 0 Å². The molecule has 0 amide bonds. The summed E-state index contributed by atoms with van der Waals surface area (Å²) in [7, 11) is 0. The molecule has 1 aliphatic rings. The average Bonchev–Trinajstić information content (AvgIpc) is 2.38. The second kappa shape index (κ2) is 6.06. The molecular weight excluding hydrogens is 240 g/mol. The molecule has 1 aliphatic heterocycles. The lowest BCUT2D eigenvalue weighted by molar-refractivity contribution is -0.136. The van der Waals surface area contributed by atoms with E-state index in [1.165, 1.54) is 0 Å². The van der Waals surface area contributed by atoms with Gasteiger partial charge in [0.15, 0.2) is 0 Å². The smallest absolute Gasteiger partial charge is 0.307 e. The molecule has 4 heteroatoms. The highest BCUT2D eigenvalue weighted by atomic mass is 16.4. The van der Waals surface area contributed by atoms with Gasteiger partial charge in [0.25, 0.3) is 0 Å². The lowest BCUT2D eigenvalue weighted by Crippen LogP contribution is -2.46. The summed E-state index contributed by atoms with van der Waals surface area (Å²) < 4.78 is 0. The molecule has 1 N–H and O–H groups in total. The number of carbonyl (C=O) groups is 1. The highest BCUT2D eigenvalue weighted by Crippen LogP contribution is 2.24. The van der Waals surface area contributed by atoms with Crippen LogP contribution in [0.2, 0.25) is 0 Å². The van der Waals surface area contributed by atoms with Crippen LogP contribution >= 0.6 is 0 Å². The van der Waals surface area contributed by atoms with Gasteiger partial charge in [-0.1, -0.05) is 24.6 Å². The second-order valence-corrected chi connectivity index (χ2v) is 5.12. The number of carboxylic acid groups (broad SMARTS) is 1. The molecule has 104 valence electrons. The van der Waals surface area contributed by atoms with E-state index in [0.29, 0.717) is 0 Å². The van der Waals surface area contributed by atoms with Gasteiger partial charge in [-0.3, -0.25) is 4.79 Å². The molecule has 1 aromatic carbocycles. The molecule has 0 aromatic heterocycles. The van der Waals surface area contributed by atoms with E-state index < -0.39 is 5.97 Å². The number of hydrogen-bond donors (Lipinski definition) is 1. The Hall–Kier alpha value is -1.55. The minimum atomic E-state index is -0.765. The standard InChI is InChI=1S/C15H22N2O2/c1-3-16-6-8-17(9-7-16)14-5-4-12(2)10-13(14)11-15(18)19/h4-5,10H,3,6-9,11H2,1-2H3,(H,18,19). The molecule has 0 bridgehead atoms. The third-order valence-corrected chi connectivity index (χ3v) is 3.74. The maximum absolute atomic E-state index is 11.0. The largest absolute Gasteiger partial charge is 0.481 e. The predicted octanol–water partition coefficient (Wildman–Crippen LogP) is 1.76. The fourth-order valence-electron chi connectivity index (χ4n) is 2.63. The number of rotatable bonds is 4. The van der Waals surface area contributed by atoms with E-state index in [-0.39, 0.29) is 6.42 Å². The molecule has 1 saturated heterocycles. The molecule has 2 rings (SSSR count). The van der Waals surface area contributed by atoms with Crippen molar-refractivity contribution in [3.63, 3.8) is 0 Å². The zero-order chi connectivity index (χ0) is 13.8. The summed E-state index contributed by atoms with van der Waals surface area (Å²) in [6.45, 7) is 9.33. The zero-order valence-corrected chi connectivity index (χ0v) is 11.7. The Morgan fingerprint density at radius 1 is 1.26 bits per heavy atom. The third-order valence-electron chi connectivity index (χ3n) is 3.74. The Balaban J connectivity index is 2.17. The Labute approximate surface area is 114 Å². The van der Waals surface area contributed by atoms with Crippen molar-refractivity contribution in [2.45, 2.75) is 20.3 Å². The van der Waals surface area contributed by atoms with E-state index in [1.54, 1.807) is 0 Å². The van der Waals surface area contributed by atoms with E-state index in [9.17, 15) is 4.79 Å². The van der Waals surface area contributed by atoms with Crippen LogP contribution in [-0.2, 0) is 11.2 Å². The van der Waals surface area contributed by atoms with Crippen molar-refractivity contribution in [1.82, 2.24) is 4.90 Å². The Kier molecular flexibility index (Phi) is 4.43. The molecule has 0 unspecified atom stereocenters. The molecule has 0 saturated carbocycles. The maximum Gasteiger partial charge on any atom is 0.307 e. The number of aliphatic carboxylic acids is 1. The summed E-state index contributed by atoms with van der Waals surface area (Å²) in [6.07, 6.45) is 0.102. The van der Waals surface area contributed by atoms with Crippen molar-refractivity contribution < 1.29 is 9.90 Å². The monoisotopic (exact) mass is 262 g/mol. The summed E-state index contributed by atoms with van der Waals surface area (Å²) in [4.78, 5) is 15.7. The van der Waals surface area contributed by atoms with Gasteiger partial charge in [0.2, 0.25) is 0 Å². The first kappa shape index (κ1) is 13.9. The number of aryl methyl sites for hydroxylation is 1. The number of likely N-dealkylation sites (N-methyl/N-ethyl adjacent to an activating group) is 1. The van der Waals surface area contributed by atoms with Crippen LogP contribution in [0.4, 0.5) is 5.69 Å². The predicted molar refractivity (Wildman–Crippen MR) is 76.8 cm³/mol. The van der Waals surface area contributed by atoms with E-state index in [4.69, 9.17) is 5.11 Å². The Morgan fingerprint density at radius 3 is 2.53 bits per heavy atom. The third kappa shape index (κ3) is 3.47. The SMILES string of the molecule is CCN1CCN(c2ccc(C)cc2CC(=O)O)CC1. The van der Waals surface area contributed by atoms with Crippen LogP contribution in [0.25, 0.3) is 0 Å². The van der Waals surface area contributed by atoms with Crippen LogP contribution < -0.4 is 4.90 Å². The first-order valence-corrected chi connectivity index (χ1v) is 6.88. The van der Waals surface area contributed by atoms with Gasteiger partial charge >= 0.3 is 5.97 Å². The molecule has 0 radical (unpaired) electrons. The Morgan fingerprint density at radius 2 is 1.95 bits per heavy atom. The first-order valence-electron chi connectivity index (χ1n) is 6.88. The van der Waals surface area contributed by atoms with Crippen LogP contribution in [-0.4, -0.2) is 48.7 Å².